The number of nitrogens with one attached hydrogen (secondary N) is 1. The molecule has 0 aliphatic rings. The second-order valence-corrected chi connectivity index (χ2v) is 5.20. The highest BCUT2D eigenvalue weighted by Gasteiger charge is 2.13. The first-order chi connectivity index (χ1) is 10.7. The molecule has 0 unspecified atom stereocenters. The molecule has 0 bridgehead atoms. The van der Waals surface area contributed by atoms with Crippen LogP contribution in [0.5, 0.6) is 0 Å². The van der Waals surface area contributed by atoms with Crippen molar-refractivity contribution in [3.05, 3.63) is 81.9 Å². The standard InChI is InChI=1S/C18H16N2O2/c1-13-17(10-5-11-18(13)20(21)22)19-12-15-8-4-7-14-6-2-3-9-16(14)15/h2-11,19H,12H2,1H3. The molecule has 0 spiro atoms. The van der Waals surface area contributed by atoms with Crippen LogP contribution >= 0.6 is 0 Å². The normalized spacial score (nSPS) is 10.6. The molecule has 0 atom stereocenters. The highest BCUT2D eigenvalue weighted by Crippen LogP contribution is 2.26. The molecule has 0 aliphatic carbocycles. The SMILES string of the molecule is Cc1c(NCc2cccc3ccccc23)cccc1[N+](=O)[O-]. The molecule has 3 aromatic carbocycles. The lowest BCUT2D eigenvalue weighted by atomic mass is 10.0. The lowest BCUT2D eigenvalue weighted by Gasteiger charge is -2.11. The molecule has 22 heavy (non-hydrogen) atoms. The van der Waals surface area contributed by atoms with Gasteiger partial charge >= 0.3 is 0 Å². The summed E-state index contributed by atoms with van der Waals surface area (Å²) in [6, 6.07) is 19.5. The summed E-state index contributed by atoms with van der Waals surface area (Å²) in [6.07, 6.45) is 0. The van der Waals surface area contributed by atoms with Crippen molar-refractivity contribution in [2.45, 2.75) is 13.5 Å². The van der Waals surface area contributed by atoms with Crippen LogP contribution in [-0.4, -0.2) is 4.92 Å². The smallest absolute Gasteiger partial charge is 0.274 e. The van der Waals surface area contributed by atoms with Gasteiger partial charge < -0.3 is 5.32 Å². The van der Waals surface area contributed by atoms with Gasteiger partial charge in [0, 0.05) is 23.9 Å². The second kappa shape index (κ2) is 5.85. The fourth-order valence-electron chi connectivity index (χ4n) is 2.65. The van der Waals surface area contributed by atoms with Gasteiger partial charge in [-0.05, 0) is 29.3 Å². The lowest BCUT2D eigenvalue weighted by Crippen LogP contribution is -2.03. The molecule has 110 valence electrons. The number of rotatable bonds is 4. The van der Waals surface area contributed by atoms with Crippen molar-refractivity contribution in [2.75, 3.05) is 5.32 Å². The van der Waals surface area contributed by atoms with Crippen LogP contribution in [0.4, 0.5) is 11.4 Å². The third kappa shape index (κ3) is 2.63. The Kier molecular flexibility index (Phi) is 3.74. The fourth-order valence-corrected chi connectivity index (χ4v) is 2.65. The molecule has 4 nitrogen and oxygen atoms in total. The van der Waals surface area contributed by atoms with Gasteiger partial charge in [0.05, 0.1) is 4.92 Å². The molecule has 4 heteroatoms. The van der Waals surface area contributed by atoms with Gasteiger partial charge in [0.2, 0.25) is 0 Å². The van der Waals surface area contributed by atoms with E-state index in [-0.39, 0.29) is 10.6 Å². The highest BCUT2D eigenvalue weighted by molar-refractivity contribution is 5.85. The van der Waals surface area contributed by atoms with Gasteiger partial charge in [-0.3, -0.25) is 10.1 Å². The first-order valence-electron chi connectivity index (χ1n) is 7.11. The zero-order chi connectivity index (χ0) is 15.5. The second-order valence-electron chi connectivity index (χ2n) is 5.20. The Labute approximate surface area is 128 Å². The Hall–Kier alpha value is -2.88. The van der Waals surface area contributed by atoms with Crippen LogP contribution in [-0.2, 0) is 6.54 Å². The lowest BCUT2D eigenvalue weighted by molar-refractivity contribution is -0.385. The molecule has 0 saturated carbocycles. The van der Waals surface area contributed by atoms with E-state index in [1.807, 2.05) is 24.3 Å². The largest absolute Gasteiger partial charge is 0.381 e. The van der Waals surface area contributed by atoms with Crippen LogP contribution in [0.3, 0.4) is 0 Å². The summed E-state index contributed by atoms with van der Waals surface area (Å²) in [5, 5.41) is 16.7. The highest BCUT2D eigenvalue weighted by atomic mass is 16.6. The summed E-state index contributed by atoms with van der Waals surface area (Å²) in [6.45, 7) is 2.40. The predicted molar refractivity (Wildman–Crippen MR) is 89.1 cm³/mol. The summed E-state index contributed by atoms with van der Waals surface area (Å²) < 4.78 is 0. The van der Waals surface area contributed by atoms with Crippen molar-refractivity contribution in [2.24, 2.45) is 0 Å². The average molecular weight is 292 g/mol. The van der Waals surface area contributed by atoms with E-state index in [0.29, 0.717) is 12.1 Å². The minimum Gasteiger partial charge on any atom is -0.381 e. The molecule has 0 heterocycles. The van der Waals surface area contributed by atoms with Crippen molar-refractivity contribution in [3.63, 3.8) is 0 Å². The summed E-state index contributed by atoms with van der Waals surface area (Å²) in [7, 11) is 0. The van der Waals surface area contributed by atoms with Crippen LogP contribution in [0.2, 0.25) is 0 Å². The summed E-state index contributed by atoms with van der Waals surface area (Å²) in [4.78, 5) is 10.7. The van der Waals surface area contributed by atoms with E-state index in [1.165, 1.54) is 22.4 Å². The van der Waals surface area contributed by atoms with E-state index in [2.05, 4.69) is 29.6 Å². The van der Waals surface area contributed by atoms with Gasteiger partial charge in [0.15, 0.2) is 0 Å². The predicted octanol–water partition coefficient (Wildman–Crippen LogP) is 4.67. The van der Waals surface area contributed by atoms with Gasteiger partial charge in [-0.2, -0.15) is 0 Å². The Morgan fingerprint density at radius 2 is 1.73 bits per heavy atom. The van der Waals surface area contributed by atoms with Gasteiger partial charge in [0.1, 0.15) is 0 Å². The number of nitro benzene ring substituents is 1. The molecule has 0 saturated heterocycles. The third-order valence-electron chi connectivity index (χ3n) is 3.85. The molecule has 3 rings (SSSR count). The quantitative estimate of drug-likeness (QED) is 0.561. The Balaban J connectivity index is 1.89. The van der Waals surface area contributed by atoms with Crippen LogP contribution < -0.4 is 5.32 Å². The number of anilines is 1. The third-order valence-corrected chi connectivity index (χ3v) is 3.85. The van der Waals surface area contributed by atoms with E-state index in [4.69, 9.17) is 0 Å². The zero-order valence-corrected chi connectivity index (χ0v) is 12.2. The molecule has 0 radical (unpaired) electrons. The van der Waals surface area contributed by atoms with Crippen LogP contribution in [0.15, 0.2) is 60.7 Å². The van der Waals surface area contributed by atoms with E-state index in [0.717, 1.165) is 5.69 Å². The maximum atomic E-state index is 11.0. The van der Waals surface area contributed by atoms with Gasteiger partial charge in [-0.15, -0.1) is 0 Å². The molecule has 0 amide bonds. The van der Waals surface area contributed by atoms with Crippen molar-refractivity contribution in [1.29, 1.82) is 0 Å². The van der Waals surface area contributed by atoms with Crippen LogP contribution in [0, 0.1) is 17.0 Å². The van der Waals surface area contributed by atoms with E-state index >= 15 is 0 Å². The summed E-state index contributed by atoms with van der Waals surface area (Å²) >= 11 is 0. The molecule has 0 aliphatic heterocycles. The number of nitrogens with zero attached hydrogens (tertiary/aromatic N) is 1. The van der Waals surface area contributed by atoms with Gasteiger partial charge in [-0.1, -0.05) is 48.5 Å². The van der Waals surface area contributed by atoms with E-state index in [1.54, 1.807) is 13.0 Å². The van der Waals surface area contributed by atoms with Crippen LogP contribution in [0.25, 0.3) is 10.8 Å². The maximum absolute atomic E-state index is 11.0. The Morgan fingerprint density at radius 1 is 1.00 bits per heavy atom. The van der Waals surface area contributed by atoms with Crippen molar-refractivity contribution in [3.8, 4) is 0 Å². The summed E-state index contributed by atoms with van der Waals surface area (Å²) in [5.41, 5.74) is 2.77. The van der Waals surface area contributed by atoms with Crippen LogP contribution in [0.1, 0.15) is 11.1 Å². The minimum absolute atomic E-state index is 0.142. The summed E-state index contributed by atoms with van der Waals surface area (Å²) in [5.74, 6) is 0. The monoisotopic (exact) mass is 292 g/mol. The van der Waals surface area contributed by atoms with Crippen molar-refractivity contribution < 1.29 is 4.92 Å². The molecular formula is C18H16N2O2. The molecule has 1 N–H and O–H groups in total. The number of hydrogen-bond donors (Lipinski definition) is 1. The first kappa shape index (κ1) is 14.1. The number of fused-ring (bicyclic) bond motifs is 1. The van der Waals surface area contributed by atoms with Gasteiger partial charge in [-0.25, -0.2) is 0 Å². The number of benzene rings is 3. The topological polar surface area (TPSA) is 55.2 Å². The number of hydrogen-bond acceptors (Lipinski definition) is 3. The van der Waals surface area contributed by atoms with E-state index in [9.17, 15) is 10.1 Å². The molecule has 0 fully saturated rings. The maximum Gasteiger partial charge on any atom is 0.274 e. The minimum atomic E-state index is -0.349. The first-order valence-corrected chi connectivity index (χ1v) is 7.11. The average Bonchev–Trinajstić information content (AvgIpc) is 2.53. The Bertz CT molecular complexity index is 838. The Morgan fingerprint density at radius 3 is 2.55 bits per heavy atom. The zero-order valence-electron chi connectivity index (χ0n) is 12.2. The number of nitro groups is 1. The molecule has 3 aromatic rings. The van der Waals surface area contributed by atoms with Gasteiger partial charge in [0.25, 0.3) is 5.69 Å². The van der Waals surface area contributed by atoms with Crippen molar-refractivity contribution >= 4 is 22.1 Å². The molecule has 0 aromatic heterocycles. The van der Waals surface area contributed by atoms with Crippen molar-refractivity contribution in [1.82, 2.24) is 0 Å². The molecular weight excluding hydrogens is 276 g/mol. The van der Waals surface area contributed by atoms with E-state index < -0.39 is 0 Å². The fraction of sp³-hybridized carbons (Fsp3) is 0.111.